The number of carbonyl (C=O) groups is 1. The van der Waals surface area contributed by atoms with Gasteiger partial charge in [-0.05, 0) is 6.42 Å². The van der Waals surface area contributed by atoms with Crippen LogP contribution in [0, 0.1) is 0 Å². The Morgan fingerprint density at radius 1 is 0.806 bits per heavy atom. The number of aliphatic hydroxyl groups excluding tert-OH is 6. The van der Waals surface area contributed by atoms with Crippen molar-refractivity contribution in [3.8, 4) is 0 Å². The fourth-order valence-electron chi connectivity index (χ4n) is 2.41. The molecule has 0 aromatic carbocycles. The maximum Gasteiger partial charge on any atom is 1.00 e. The predicted molar refractivity (Wildman–Crippen MR) is 106 cm³/mol. The molecule has 31 heavy (non-hydrogen) atoms. The summed E-state index contributed by atoms with van der Waals surface area (Å²) in [6.45, 7) is 0.730. The van der Waals surface area contributed by atoms with Crippen LogP contribution in [0.25, 0.3) is 0 Å². The molecule has 0 rings (SSSR count). The van der Waals surface area contributed by atoms with Crippen molar-refractivity contribution >= 4 is 16.4 Å². The molecule has 0 spiro atoms. The third kappa shape index (κ3) is 23.1. The average molecular weight is 485 g/mol. The Bertz CT molecular complexity index is 505. The second kappa shape index (κ2) is 22.0. The van der Waals surface area contributed by atoms with E-state index in [4.69, 9.17) is 30.6 Å². The van der Waals surface area contributed by atoms with Crippen molar-refractivity contribution in [2.75, 3.05) is 13.2 Å². The molecule has 0 aliphatic carbocycles. The van der Waals surface area contributed by atoms with Gasteiger partial charge in [-0.15, -0.1) is 0 Å². The van der Waals surface area contributed by atoms with E-state index < -0.39 is 54.0 Å². The van der Waals surface area contributed by atoms with Gasteiger partial charge in [0, 0.05) is 6.42 Å². The normalized spacial score (nSPS) is 15.0. The summed E-state index contributed by atoms with van der Waals surface area (Å²) in [7, 11) is -4.88. The molecule has 0 amide bonds. The van der Waals surface area contributed by atoms with Crippen LogP contribution in [-0.4, -0.2) is 87.2 Å². The Balaban J connectivity index is -0.000000528. The first kappa shape index (κ1) is 35.7. The molecule has 0 heterocycles. The van der Waals surface area contributed by atoms with Gasteiger partial charge in [0.15, 0.2) is 0 Å². The summed E-state index contributed by atoms with van der Waals surface area (Å²) in [4.78, 5) is 10.9. The van der Waals surface area contributed by atoms with Crippen LogP contribution in [0.1, 0.15) is 71.1 Å². The number of carbonyl (C=O) groups excluding carboxylic acids is 1. The number of hydrogen-bond donors (Lipinski definition) is 6. The van der Waals surface area contributed by atoms with Crippen LogP contribution in [-0.2, 0) is 19.4 Å². The first-order valence-corrected chi connectivity index (χ1v) is 11.5. The van der Waals surface area contributed by atoms with Gasteiger partial charge in [-0.25, -0.2) is 8.42 Å². The molecule has 0 aliphatic heterocycles. The standard InChI is InChI=1S/C12H24O5S.C6H14O6.Na/c1-2-3-4-5-6-7-8-9-10-11-12(13)17-18(14,15)16;7-1-3(9)5(11)6(12)4(10)2-8;/h2-11H2,1H3,(H,14,15,16);3-12H,1-2H2;/q;;+1/p-1/t;3-,4-,5-,6-;/m.1./s1. The van der Waals surface area contributed by atoms with Crippen molar-refractivity contribution in [2.45, 2.75) is 95.5 Å². The second-order valence-corrected chi connectivity index (χ2v) is 7.91. The van der Waals surface area contributed by atoms with Crippen molar-refractivity contribution in [3.63, 3.8) is 0 Å². The second-order valence-electron chi connectivity index (χ2n) is 6.92. The van der Waals surface area contributed by atoms with Gasteiger partial charge in [-0.2, -0.15) is 0 Å². The van der Waals surface area contributed by atoms with Gasteiger partial charge in [0.25, 0.3) is 10.4 Å². The van der Waals surface area contributed by atoms with Crippen molar-refractivity contribution < 1.29 is 82.1 Å². The molecule has 0 saturated carbocycles. The van der Waals surface area contributed by atoms with Crippen molar-refractivity contribution in [3.05, 3.63) is 0 Å². The van der Waals surface area contributed by atoms with Gasteiger partial charge in [0.1, 0.15) is 24.4 Å². The van der Waals surface area contributed by atoms with Crippen LogP contribution in [0.2, 0.25) is 0 Å². The Morgan fingerprint density at radius 2 is 1.16 bits per heavy atom. The van der Waals surface area contributed by atoms with Crippen molar-refractivity contribution in [1.29, 1.82) is 0 Å². The number of hydrogen-bond acceptors (Lipinski definition) is 11. The molecular formula is C18H37NaO11S. The van der Waals surface area contributed by atoms with E-state index >= 15 is 0 Å². The molecule has 0 saturated heterocycles. The van der Waals surface area contributed by atoms with Gasteiger partial charge in [0.2, 0.25) is 0 Å². The van der Waals surface area contributed by atoms with Crippen LogP contribution < -0.4 is 29.6 Å². The van der Waals surface area contributed by atoms with Gasteiger partial charge in [-0.1, -0.05) is 58.3 Å². The minimum Gasteiger partial charge on any atom is -0.716 e. The van der Waals surface area contributed by atoms with Crippen LogP contribution in [0.15, 0.2) is 0 Å². The third-order valence-electron chi connectivity index (χ3n) is 4.19. The molecule has 182 valence electrons. The number of aliphatic hydroxyl groups is 6. The zero-order valence-electron chi connectivity index (χ0n) is 18.4. The summed E-state index contributed by atoms with van der Waals surface area (Å²) in [6, 6.07) is 0. The fourth-order valence-corrected chi connectivity index (χ4v) is 2.72. The first-order chi connectivity index (χ1) is 14.0. The Hall–Kier alpha value is 0.140. The monoisotopic (exact) mass is 484 g/mol. The fraction of sp³-hybridized carbons (Fsp3) is 0.944. The average Bonchev–Trinajstić information content (AvgIpc) is 2.69. The molecule has 0 aromatic rings. The topological polar surface area (TPSA) is 205 Å². The summed E-state index contributed by atoms with van der Waals surface area (Å²) in [5, 5.41) is 52.2. The van der Waals surface area contributed by atoms with Gasteiger partial charge in [-0.3, -0.25) is 4.79 Å². The van der Waals surface area contributed by atoms with E-state index in [0.717, 1.165) is 19.3 Å². The maximum atomic E-state index is 10.9. The summed E-state index contributed by atoms with van der Waals surface area (Å²) >= 11 is 0. The van der Waals surface area contributed by atoms with E-state index in [1.807, 2.05) is 0 Å². The van der Waals surface area contributed by atoms with Crippen LogP contribution in [0.5, 0.6) is 0 Å². The van der Waals surface area contributed by atoms with E-state index in [1.54, 1.807) is 0 Å². The van der Waals surface area contributed by atoms with Gasteiger partial charge >= 0.3 is 35.5 Å². The summed E-state index contributed by atoms with van der Waals surface area (Å²) in [5.74, 6) is -0.951. The van der Waals surface area contributed by atoms with E-state index in [9.17, 15) is 17.8 Å². The smallest absolute Gasteiger partial charge is 0.716 e. The third-order valence-corrected chi connectivity index (χ3v) is 4.58. The zero-order chi connectivity index (χ0) is 23.6. The molecule has 0 radical (unpaired) electrons. The predicted octanol–water partition coefficient (Wildman–Crippen LogP) is -3.67. The molecular weight excluding hydrogens is 447 g/mol. The van der Waals surface area contributed by atoms with E-state index in [1.165, 1.54) is 32.1 Å². The molecule has 0 fully saturated rings. The molecule has 0 aromatic heterocycles. The Kier molecular flexibility index (Phi) is 25.3. The molecule has 0 unspecified atom stereocenters. The Labute approximate surface area is 206 Å². The Morgan fingerprint density at radius 3 is 1.48 bits per heavy atom. The van der Waals surface area contributed by atoms with Crippen molar-refractivity contribution in [1.82, 2.24) is 0 Å². The van der Waals surface area contributed by atoms with Gasteiger partial charge in [0.05, 0.1) is 13.2 Å². The molecule has 13 heteroatoms. The van der Waals surface area contributed by atoms with E-state index in [-0.39, 0.29) is 36.0 Å². The van der Waals surface area contributed by atoms with Crippen LogP contribution >= 0.6 is 0 Å². The summed E-state index contributed by atoms with van der Waals surface area (Å²) < 4.78 is 34.0. The quantitative estimate of drug-likeness (QED) is 0.0545. The first-order valence-electron chi connectivity index (χ1n) is 10.1. The van der Waals surface area contributed by atoms with E-state index in [2.05, 4.69) is 11.1 Å². The summed E-state index contributed by atoms with van der Waals surface area (Å²) in [6.07, 6.45) is 3.48. The maximum absolute atomic E-state index is 10.9. The molecule has 0 aliphatic rings. The van der Waals surface area contributed by atoms with Gasteiger partial charge < -0.3 is 39.4 Å². The molecule has 4 atom stereocenters. The molecule has 6 N–H and O–H groups in total. The van der Waals surface area contributed by atoms with Crippen LogP contribution in [0.4, 0.5) is 0 Å². The number of rotatable bonds is 16. The van der Waals surface area contributed by atoms with Crippen LogP contribution in [0.3, 0.4) is 0 Å². The van der Waals surface area contributed by atoms with E-state index in [0.29, 0.717) is 6.42 Å². The SMILES string of the molecule is CCCCCCCCCCCC(=O)OS(=O)(=O)[O-].OC[C@@H](O)[C@@H](O)[C@H](O)[C@H](O)CO.[Na+]. The largest absolute Gasteiger partial charge is 1.00 e. The number of unbranched alkanes of at least 4 members (excludes halogenated alkanes) is 8. The minimum absolute atomic E-state index is 0. The zero-order valence-corrected chi connectivity index (χ0v) is 21.2. The van der Waals surface area contributed by atoms with Crippen molar-refractivity contribution in [2.24, 2.45) is 0 Å². The molecule has 11 nitrogen and oxygen atoms in total. The molecule has 0 bridgehead atoms. The summed E-state index contributed by atoms with van der Waals surface area (Å²) in [5.41, 5.74) is 0. The minimum atomic E-state index is -4.88.